The molecule has 2 N–H and O–H groups in total. The predicted molar refractivity (Wildman–Crippen MR) is 76.1 cm³/mol. The van der Waals surface area contributed by atoms with Crippen molar-refractivity contribution >= 4 is 15.9 Å². The summed E-state index contributed by atoms with van der Waals surface area (Å²) >= 11 is 3.49. The second-order valence-corrected chi connectivity index (χ2v) is 5.08. The van der Waals surface area contributed by atoms with Crippen LogP contribution in [0.5, 0.6) is 0 Å². The zero-order valence-corrected chi connectivity index (χ0v) is 11.3. The van der Waals surface area contributed by atoms with Crippen LogP contribution in [-0.2, 0) is 12.8 Å². The van der Waals surface area contributed by atoms with Crippen molar-refractivity contribution in [2.75, 3.05) is 6.54 Å². The molecule has 0 saturated carbocycles. The largest absolute Gasteiger partial charge is 0.330 e. The molecule has 0 aliphatic carbocycles. The third-order valence-corrected chi connectivity index (χ3v) is 3.25. The summed E-state index contributed by atoms with van der Waals surface area (Å²) in [5.41, 5.74) is 9.51. The number of halogens is 1. The van der Waals surface area contributed by atoms with Crippen LogP contribution in [0.2, 0.25) is 0 Å². The molecule has 1 nitrogen and oxygen atoms in total. The average Bonchev–Trinajstić information content (AvgIpc) is 2.32. The van der Waals surface area contributed by atoms with Gasteiger partial charge in [0, 0.05) is 4.47 Å². The Hall–Kier alpha value is -1.12. The van der Waals surface area contributed by atoms with Crippen LogP contribution in [0.15, 0.2) is 53.0 Å². The fourth-order valence-corrected chi connectivity index (χ4v) is 2.32. The molecule has 0 radical (unpaired) electrons. The van der Waals surface area contributed by atoms with Crippen molar-refractivity contribution in [3.63, 3.8) is 0 Å². The first-order valence-electron chi connectivity index (χ1n) is 5.80. The number of nitrogens with two attached hydrogens (primary N) is 1. The predicted octanol–water partition coefficient (Wildman–Crippen LogP) is 3.54. The summed E-state index contributed by atoms with van der Waals surface area (Å²) in [6, 6.07) is 17.1. The molecular formula is C15H16BrN. The maximum Gasteiger partial charge on any atom is 0.0178 e. The van der Waals surface area contributed by atoms with Crippen molar-refractivity contribution in [3.8, 4) is 0 Å². The molecule has 0 bridgehead atoms. The average molecular weight is 290 g/mol. The van der Waals surface area contributed by atoms with Crippen molar-refractivity contribution in [2.45, 2.75) is 12.8 Å². The van der Waals surface area contributed by atoms with Crippen LogP contribution < -0.4 is 5.73 Å². The summed E-state index contributed by atoms with van der Waals surface area (Å²) in [5, 5.41) is 0. The van der Waals surface area contributed by atoms with Crippen molar-refractivity contribution in [1.29, 1.82) is 0 Å². The highest BCUT2D eigenvalue weighted by molar-refractivity contribution is 9.10. The fraction of sp³-hybridized carbons (Fsp3) is 0.200. The minimum atomic E-state index is 0.713. The van der Waals surface area contributed by atoms with Gasteiger partial charge in [0.25, 0.3) is 0 Å². The van der Waals surface area contributed by atoms with Gasteiger partial charge in [-0.3, -0.25) is 0 Å². The molecule has 0 atom stereocenters. The molecule has 2 aromatic carbocycles. The van der Waals surface area contributed by atoms with Gasteiger partial charge in [0.05, 0.1) is 0 Å². The van der Waals surface area contributed by atoms with E-state index in [1.165, 1.54) is 16.7 Å². The molecule has 0 fully saturated rings. The molecule has 0 amide bonds. The van der Waals surface area contributed by atoms with Crippen molar-refractivity contribution in [2.24, 2.45) is 5.73 Å². The second-order valence-electron chi connectivity index (χ2n) is 4.16. The van der Waals surface area contributed by atoms with E-state index in [0.29, 0.717) is 6.54 Å². The van der Waals surface area contributed by atoms with Gasteiger partial charge in [-0.2, -0.15) is 0 Å². The summed E-state index contributed by atoms with van der Waals surface area (Å²) in [4.78, 5) is 0. The molecule has 0 heterocycles. The fourth-order valence-electron chi connectivity index (χ4n) is 1.87. The van der Waals surface area contributed by atoms with Gasteiger partial charge in [0.15, 0.2) is 0 Å². The summed E-state index contributed by atoms with van der Waals surface area (Å²) in [5.74, 6) is 0. The van der Waals surface area contributed by atoms with E-state index in [1.807, 2.05) is 6.07 Å². The lowest BCUT2D eigenvalue weighted by Crippen LogP contribution is -2.02. The molecule has 17 heavy (non-hydrogen) atoms. The van der Waals surface area contributed by atoms with Crippen LogP contribution in [0.4, 0.5) is 0 Å². The maximum absolute atomic E-state index is 5.53. The molecule has 0 aromatic heterocycles. The first-order chi connectivity index (χ1) is 8.28. The lowest BCUT2D eigenvalue weighted by molar-refractivity contribution is 0.966. The summed E-state index contributed by atoms with van der Waals surface area (Å²) in [6.45, 7) is 0.713. The molecule has 2 rings (SSSR count). The quantitative estimate of drug-likeness (QED) is 0.915. The second kappa shape index (κ2) is 5.99. The molecule has 88 valence electrons. The number of hydrogen-bond acceptors (Lipinski definition) is 1. The SMILES string of the molecule is NCCc1ccc(Cc2cccc(Br)c2)cc1. The minimum absolute atomic E-state index is 0.713. The van der Waals surface area contributed by atoms with E-state index in [0.717, 1.165) is 17.3 Å². The number of hydrogen-bond donors (Lipinski definition) is 1. The van der Waals surface area contributed by atoms with Crippen LogP contribution >= 0.6 is 15.9 Å². The van der Waals surface area contributed by atoms with Gasteiger partial charge in [-0.15, -0.1) is 0 Å². The third kappa shape index (κ3) is 3.69. The Kier molecular flexibility index (Phi) is 4.35. The normalized spacial score (nSPS) is 10.5. The Morgan fingerprint density at radius 2 is 1.59 bits per heavy atom. The Morgan fingerprint density at radius 1 is 0.882 bits per heavy atom. The van der Waals surface area contributed by atoms with E-state index in [9.17, 15) is 0 Å². The minimum Gasteiger partial charge on any atom is -0.330 e. The van der Waals surface area contributed by atoms with Crippen molar-refractivity contribution < 1.29 is 0 Å². The molecule has 0 saturated heterocycles. The Bertz CT molecular complexity index is 477. The van der Waals surface area contributed by atoms with E-state index in [4.69, 9.17) is 5.73 Å². The Morgan fingerprint density at radius 3 is 2.24 bits per heavy atom. The van der Waals surface area contributed by atoms with Crippen molar-refractivity contribution in [1.82, 2.24) is 0 Å². The smallest absolute Gasteiger partial charge is 0.0178 e. The van der Waals surface area contributed by atoms with Gasteiger partial charge in [-0.1, -0.05) is 52.3 Å². The van der Waals surface area contributed by atoms with E-state index >= 15 is 0 Å². The van der Waals surface area contributed by atoms with E-state index < -0.39 is 0 Å². The standard InChI is InChI=1S/C15H16BrN/c16-15-3-1-2-14(11-15)10-13-6-4-12(5-7-13)8-9-17/h1-7,11H,8-10,17H2. The third-order valence-electron chi connectivity index (χ3n) is 2.75. The molecule has 2 heteroatoms. The lowest BCUT2D eigenvalue weighted by Gasteiger charge is -2.04. The van der Waals surface area contributed by atoms with Crippen LogP contribution in [0.3, 0.4) is 0 Å². The number of rotatable bonds is 4. The molecule has 0 aliphatic heterocycles. The van der Waals surface area contributed by atoms with Gasteiger partial charge in [-0.25, -0.2) is 0 Å². The highest BCUT2D eigenvalue weighted by atomic mass is 79.9. The van der Waals surface area contributed by atoms with Gasteiger partial charge >= 0.3 is 0 Å². The molecule has 0 unspecified atom stereocenters. The lowest BCUT2D eigenvalue weighted by atomic mass is 10.0. The maximum atomic E-state index is 5.53. The zero-order chi connectivity index (χ0) is 12.1. The molecule has 0 aliphatic rings. The van der Waals surface area contributed by atoms with Crippen LogP contribution in [0.25, 0.3) is 0 Å². The van der Waals surface area contributed by atoms with Crippen molar-refractivity contribution in [3.05, 3.63) is 69.7 Å². The summed E-state index contributed by atoms with van der Waals surface area (Å²) in [7, 11) is 0. The number of benzene rings is 2. The van der Waals surface area contributed by atoms with Crippen LogP contribution in [0, 0.1) is 0 Å². The molecular weight excluding hydrogens is 274 g/mol. The van der Waals surface area contributed by atoms with Crippen LogP contribution in [-0.4, -0.2) is 6.54 Å². The molecule has 2 aromatic rings. The Labute approximate surface area is 111 Å². The summed E-state index contributed by atoms with van der Waals surface area (Å²) in [6.07, 6.45) is 1.93. The summed E-state index contributed by atoms with van der Waals surface area (Å²) < 4.78 is 1.13. The topological polar surface area (TPSA) is 26.0 Å². The van der Waals surface area contributed by atoms with Gasteiger partial charge in [0.2, 0.25) is 0 Å². The van der Waals surface area contributed by atoms with Gasteiger partial charge < -0.3 is 5.73 Å². The van der Waals surface area contributed by atoms with Crippen LogP contribution in [0.1, 0.15) is 16.7 Å². The first kappa shape index (κ1) is 12.3. The van der Waals surface area contributed by atoms with Gasteiger partial charge in [-0.05, 0) is 48.2 Å². The van der Waals surface area contributed by atoms with E-state index in [-0.39, 0.29) is 0 Å². The highest BCUT2D eigenvalue weighted by Gasteiger charge is 1.98. The monoisotopic (exact) mass is 289 g/mol. The molecule has 0 spiro atoms. The van der Waals surface area contributed by atoms with E-state index in [2.05, 4.69) is 58.4 Å². The first-order valence-corrected chi connectivity index (χ1v) is 6.59. The van der Waals surface area contributed by atoms with E-state index in [1.54, 1.807) is 0 Å². The highest BCUT2D eigenvalue weighted by Crippen LogP contribution is 2.15. The van der Waals surface area contributed by atoms with Gasteiger partial charge in [0.1, 0.15) is 0 Å². The Balaban J connectivity index is 2.08. The zero-order valence-electron chi connectivity index (χ0n) is 9.70.